The highest BCUT2D eigenvalue weighted by atomic mass is 16.5. The molecular weight excluding hydrogens is 432 g/mol. The second kappa shape index (κ2) is 10.1. The monoisotopic (exact) mass is 460 g/mol. The van der Waals surface area contributed by atoms with Crippen LogP contribution in [0.3, 0.4) is 0 Å². The molecule has 3 aromatic rings. The number of benzene rings is 2. The van der Waals surface area contributed by atoms with Crippen molar-refractivity contribution in [3.63, 3.8) is 0 Å². The van der Waals surface area contributed by atoms with E-state index in [2.05, 4.69) is 0 Å². The van der Waals surface area contributed by atoms with Crippen LogP contribution in [0.25, 0.3) is 0 Å². The lowest BCUT2D eigenvalue weighted by molar-refractivity contribution is -0.140. The Labute approximate surface area is 198 Å². The molecule has 7 heteroatoms. The lowest BCUT2D eigenvalue weighted by Gasteiger charge is -2.28. The van der Waals surface area contributed by atoms with Crippen molar-refractivity contribution in [3.8, 4) is 5.75 Å². The number of Topliss-reactive ketones (excluding diaryl/α,β-unsaturated/α-hetero) is 2. The Morgan fingerprint density at radius 3 is 2.47 bits per heavy atom. The minimum absolute atomic E-state index is 0.0830. The van der Waals surface area contributed by atoms with E-state index in [9.17, 15) is 14.4 Å². The van der Waals surface area contributed by atoms with Crippen molar-refractivity contribution < 1.29 is 23.5 Å². The number of ketones is 2. The third-order valence-electron chi connectivity index (χ3n) is 5.91. The number of furan rings is 1. The molecule has 4 rings (SSSR count). The zero-order valence-electron chi connectivity index (χ0n) is 19.6. The molecule has 2 heterocycles. The average molecular weight is 461 g/mol. The number of hydrogen-bond donors (Lipinski definition) is 0. The zero-order valence-corrected chi connectivity index (χ0v) is 19.6. The Balaban J connectivity index is 1.67. The number of amides is 1. The van der Waals surface area contributed by atoms with E-state index in [1.807, 2.05) is 67.5 Å². The van der Waals surface area contributed by atoms with Crippen molar-refractivity contribution in [2.75, 3.05) is 27.2 Å². The van der Waals surface area contributed by atoms with Crippen LogP contribution in [-0.4, -0.2) is 54.5 Å². The summed E-state index contributed by atoms with van der Waals surface area (Å²) < 4.78 is 11.5. The van der Waals surface area contributed by atoms with Crippen LogP contribution in [0.2, 0.25) is 0 Å². The van der Waals surface area contributed by atoms with E-state index in [0.717, 1.165) is 5.56 Å². The van der Waals surface area contributed by atoms with Crippen LogP contribution >= 0.6 is 0 Å². The molecule has 1 aliphatic rings. The number of carbonyl (C=O) groups excluding carboxylic acids is 3. The van der Waals surface area contributed by atoms with Crippen molar-refractivity contribution in [2.45, 2.75) is 19.6 Å². The van der Waals surface area contributed by atoms with Gasteiger partial charge in [0, 0.05) is 13.1 Å². The topological polar surface area (TPSA) is 80.1 Å². The van der Waals surface area contributed by atoms with E-state index in [1.165, 1.54) is 4.90 Å². The summed E-state index contributed by atoms with van der Waals surface area (Å²) in [7, 11) is 3.79. The fourth-order valence-electron chi connectivity index (χ4n) is 4.16. The third kappa shape index (κ3) is 4.94. The Morgan fingerprint density at radius 2 is 1.79 bits per heavy atom. The SMILES string of the molecule is Cc1ccc(C(=O)C2C(=O)C(=O)N(CCN(C)C)C2c2cccc(OCc3ccccc3)c2)o1. The van der Waals surface area contributed by atoms with Crippen LogP contribution < -0.4 is 4.74 Å². The molecule has 0 aliphatic carbocycles. The van der Waals surface area contributed by atoms with Gasteiger partial charge in [0.1, 0.15) is 24.0 Å². The van der Waals surface area contributed by atoms with Crippen LogP contribution in [0.5, 0.6) is 5.75 Å². The van der Waals surface area contributed by atoms with Gasteiger partial charge in [0.2, 0.25) is 11.6 Å². The third-order valence-corrected chi connectivity index (χ3v) is 5.91. The van der Waals surface area contributed by atoms with Gasteiger partial charge in [-0.15, -0.1) is 0 Å². The highest BCUT2D eigenvalue weighted by molar-refractivity contribution is 6.43. The van der Waals surface area contributed by atoms with Crippen molar-refractivity contribution >= 4 is 17.5 Å². The number of likely N-dealkylation sites (tertiary alicyclic amines) is 1. The van der Waals surface area contributed by atoms with Gasteiger partial charge in [0.05, 0.1) is 6.04 Å². The van der Waals surface area contributed by atoms with Crippen LogP contribution in [0, 0.1) is 12.8 Å². The average Bonchev–Trinajstić information content (AvgIpc) is 3.38. The molecule has 1 aliphatic heterocycles. The summed E-state index contributed by atoms with van der Waals surface area (Å²) in [4.78, 5) is 42.8. The van der Waals surface area contributed by atoms with Gasteiger partial charge in [-0.1, -0.05) is 42.5 Å². The lowest BCUT2D eigenvalue weighted by Crippen LogP contribution is -2.36. The van der Waals surface area contributed by atoms with Crippen molar-refractivity contribution in [1.82, 2.24) is 9.80 Å². The molecule has 1 amide bonds. The molecule has 7 nitrogen and oxygen atoms in total. The Bertz CT molecular complexity index is 1180. The molecule has 2 atom stereocenters. The maximum Gasteiger partial charge on any atom is 0.291 e. The first kappa shape index (κ1) is 23.4. The summed E-state index contributed by atoms with van der Waals surface area (Å²) >= 11 is 0. The number of likely N-dealkylation sites (N-methyl/N-ethyl adjacent to an activating group) is 1. The lowest BCUT2D eigenvalue weighted by atomic mass is 9.88. The van der Waals surface area contributed by atoms with E-state index in [4.69, 9.17) is 9.15 Å². The first-order valence-electron chi connectivity index (χ1n) is 11.2. The summed E-state index contributed by atoms with van der Waals surface area (Å²) in [5, 5.41) is 0. The largest absolute Gasteiger partial charge is 0.489 e. The molecule has 1 fully saturated rings. The Hall–Kier alpha value is -3.71. The van der Waals surface area contributed by atoms with E-state index in [1.54, 1.807) is 25.1 Å². The number of hydrogen-bond acceptors (Lipinski definition) is 6. The first-order chi connectivity index (χ1) is 16.3. The van der Waals surface area contributed by atoms with Crippen molar-refractivity contribution in [2.24, 2.45) is 5.92 Å². The number of rotatable bonds is 9. The van der Waals surface area contributed by atoms with Gasteiger partial charge in [0.15, 0.2) is 5.76 Å². The van der Waals surface area contributed by atoms with Gasteiger partial charge in [-0.05, 0) is 56.4 Å². The predicted octanol–water partition coefficient (Wildman–Crippen LogP) is 3.68. The van der Waals surface area contributed by atoms with E-state index in [-0.39, 0.29) is 5.76 Å². The van der Waals surface area contributed by atoms with Gasteiger partial charge < -0.3 is 19.0 Å². The first-order valence-corrected chi connectivity index (χ1v) is 11.2. The van der Waals surface area contributed by atoms with Crippen LogP contribution in [-0.2, 0) is 16.2 Å². The normalized spacial score (nSPS) is 18.1. The van der Waals surface area contributed by atoms with E-state index >= 15 is 0 Å². The van der Waals surface area contributed by atoms with Gasteiger partial charge >= 0.3 is 0 Å². The minimum Gasteiger partial charge on any atom is -0.489 e. The van der Waals surface area contributed by atoms with Crippen LogP contribution in [0.1, 0.15) is 33.5 Å². The van der Waals surface area contributed by atoms with Gasteiger partial charge in [-0.3, -0.25) is 14.4 Å². The molecule has 0 N–H and O–H groups in total. The second-order valence-electron chi connectivity index (χ2n) is 8.71. The van der Waals surface area contributed by atoms with Crippen LogP contribution in [0.4, 0.5) is 0 Å². The number of carbonyl (C=O) groups is 3. The Kier molecular flexibility index (Phi) is 6.93. The molecule has 0 bridgehead atoms. The molecule has 34 heavy (non-hydrogen) atoms. The van der Waals surface area contributed by atoms with E-state index in [0.29, 0.717) is 36.8 Å². The highest BCUT2D eigenvalue weighted by Crippen LogP contribution is 2.39. The quantitative estimate of drug-likeness (QED) is 0.275. The summed E-state index contributed by atoms with van der Waals surface area (Å²) in [6.07, 6.45) is 0. The molecule has 1 saturated heterocycles. The molecular formula is C27H28N2O5. The molecule has 0 saturated carbocycles. The maximum atomic E-state index is 13.3. The van der Waals surface area contributed by atoms with Crippen LogP contribution in [0.15, 0.2) is 71.1 Å². The molecule has 2 aromatic carbocycles. The molecule has 0 radical (unpaired) electrons. The molecule has 0 spiro atoms. The van der Waals surface area contributed by atoms with Gasteiger partial charge in [-0.2, -0.15) is 0 Å². The molecule has 2 unspecified atom stereocenters. The predicted molar refractivity (Wildman–Crippen MR) is 126 cm³/mol. The summed E-state index contributed by atoms with van der Waals surface area (Å²) in [5.41, 5.74) is 1.69. The van der Waals surface area contributed by atoms with Gasteiger partial charge in [-0.25, -0.2) is 0 Å². The second-order valence-corrected chi connectivity index (χ2v) is 8.71. The zero-order chi connectivity index (χ0) is 24.2. The summed E-state index contributed by atoms with van der Waals surface area (Å²) in [6, 6.07) is 19.5. The maximum absolute atomic E-state index is 13.3. The number of nitrogens with zero attached hydrogens (tertiary/aromatic N) is 2. The van der Waals surface area contributed by atoms with E-state index < -0.39 is 29.4 Å². The molecule has 1 aromatic heterocycles. The number of ether oxygens (including phenoxy) is 1. The smallest absolute Gasteiger partial charge is 0.291 e. The minimum atomic E-state index is -1.18. The summed E-state index contributed by atoms with van der Waals surface area (Å²) in [6.45, 7) is 2.98. The highest BCUT2D eigenvalue weighted by Gasteiger charge is 2.52. The standard InChI is InChI=1S/C27H28N2O5/c1-18-12-13-22(34-18)25(30)23-24(29(15-14-28(2)3)27(32)26(23)31)20-10-7-11-21(16-20)33-17-19-8-5-4-6-9-19/h4-13,16,23-24H,14-15,17H2,1-3H3. The molecule has 176 valence electrons. The van der Waals surface area contributed by atoms with Crippen molar-refractivity contribution in [1.29, 1.82) is 0 Å². The summed E-state index contributed by atoms with van der Waals surface area (Å²) in [5.74, 6) is -1.77. The fourth-order valence-corrected chi connectivity index (χ4v) is 4.16. The number of aryl methyl sites for hydroxylation is 1. The fraction of sp³-hybridized carbons (Fsp3) is 0.296. The van der Waals surface area contributed by atoms with Crippen molar-refractivity contribution in [3.05, 3.63) is 89.4 Å². The van der Waals surface area contributed by atoms with Gasteiger partial charge in [0.25, 0.3) is 5.91 Å². The Morgan fingerprint density at radius 1 is 1.03 bits per heavy atom.